The van der Waals surface area contributed by atoms with Crippen molar-refractivity contribution in [1.29, 1.82) is 0 Å². The van der Waals surface area contributed by atoms with Gasteiger partial charge in [0, 0.05) is 17.0 Å². The summed E-state index contributed by atoms with van der Waals surface area (Å²) in [5, 5.41) is 2.92. The van der Waals surface area contributed by atoms with Crippen molar-refractivity contribution in [3.8, 4) is 17.2 Å². The Labute approximate surface area is 196 Å². The molecule has 0 atom stereocenters. The first kappa shape index (κ1) is 23.8. The number of carbonyl (C=O) groups is 2. The van der Waals surface area contributed by atoms with Crippen molar-refractivity contribution in [1.82, 2.24) is 15.8 Å². The molecule has 2 aromatic carbocycles. The highest BCUT2D eigenvalue weighted by molar-refractivity contribution is 7.09. The Balaban J connectivity index is 1.47. The fourth-order valence-corrected chi connectivity index (χ4v) is 3.34. The zero-order valence-electron chi connectivity index (χ0n) is 18.4. The molecule has 0 aliphatic rings. The molecule has 8 nitrogen and oxygen atoms in total. The van der Waals surface area contributed by atoms with Gasteiger partial charge < -0.3 is 14.2 Å². The number of nitrogens with zero attached hydrogens (tertiary/aromatic N) is 1. The highest BCUT2D eigenvalue weighted by Gasteiger charge is 2.08. The Morgan fingerprint density at radius 1 is 0.970 bits per heavy atom. The molecule has 2 amide bonds. The molecule has 3 rings (SSSR count). The monoisotopic (exact) mass is 467 g/mol. The topological polar surface area (TPSA) is 98.8 Å². The summed E-state index contributed by atoms with van der Waals surface area (Å²) in [5.74, 6) is 0.613. The van der Waals surface area contributed by atoms with Crippen LogP contribution in [0.4, 0.5) is 0 Å². The molecule has 0 spiro atoms. The largest absolute Gasteiger partial charge is 0.490 e. The lowest BCUT2D eigenvalue weighted by Gasteiger charge is -2.11. The molecule has 33 heavy (non-hydrogen) atoms. The zero-order valence-corrected chi connectivity index (χ0v) is 19.2. The third kappa shape index (κ3) is 7.65. The van der Waals surface area contributed by atoms with Crippen LogP contribution in [-0.4, -0.2) is 30.0 Å². The van der Waals surface area contributed by atoms with Crippen molar-refractivity contribution < 1.29 is 23.8 Å². The average molecular weight is 468 g/mol. The minimum atomic E-state index is -0.509. The number of benzene rings is 2. The highest BCUT2D eigenvalue weighted by atomic mass is 32.1. The third-order valence-corrected chi connectivity index (χ3v) is 5.03. The molecule has 0 saturated heterocycles. The van der Waals surface area contributed by atoms with Crippen LogP contribution in [0.5, 0.6) is 17.2 Å². The van der Waals surface area contributed by atoms with E-state index >= 15 is 0 Å². The SMILES string of the molecule is CCOc1ccccc1OCC(=O)NNC(=O)/C=C/c1ccccc1OCc1csc(C)n1. The Hall–Kier alpha value is -3.85. The Bertz CT molecular complexity index is 1110. The number of rotatable bonds is 10. The molecule has 9 heteroatoms. The van der Waals surface area contributed by atoms with Crippen LogP contribution in [0.1, 0.15) is 23.2 Å². The molecule has 2 N–H and O–H groups in total. The smallest absolute Gasteiger partial charge is 0.276 e. The van der Waals surface area contributed by atoms with Gasteiger partial charge in [0.15, 0.2) is 18.1 Å². The summed E-state index contributed by atoms with van der Waals surface area (Å²) in [6.45, 7) is 4.34. The van der Waals surface area contributed by atoms with Crippen LogP contribution in [0.15, 0.2) is 60.0 Å². The summed E-state index contributed by atoms with van der Waals surface area (Å²) < 4.78 is 16.7. The fourth-order valence-electron chi connectivity index (χ4n) is 2.74. The summed E-state index contributed by atoms with van der Waals surface area (Å²) in [4.78, 5) is 28.5. The Morgan fingerprint density at radius 2 is 1.67 bits per heavy atom. The second kappa shape index (κ2) is 12.3. The van der Waals surface area contributed by atoms with Gasteiger partial charge in [0.05, 0.1) is 17.3 Å². The van der Waals surface area contributed by atoms with Gasteiger partial charge in [0.2, 0.25) is 0 Å². The maximum Gasteiger partial charge on any atom is 0.276 e. The predicted molar refractivity (Wildman–Crippen MR) is 126 cm³/mol. The van der Waals surface area contributed by atoms with E-state index in [4.69, 9.17) is 14.2 Å². The summed E-state index contributed by atoms with van der Waals surface area (Å²) in [7, 11) is 0. The zero-order chi connectivity index (χ0) is 23.5. The molecule has 3 aromatic rings. The van der Waals surface area contributed by atoms with E-state index in [0.29, 0.717) is 30.5 Å². The van der Waals surface area contributed by atoms with Crippen molar-refractivity contribution >= 4 is 29.2 Å². The first-order valence-electron chi connectivity index (χ1n) is 10.3. The molecule has 0 aliphatic heterocycles. The molecule has 0 fully saturated rings. The maximum absolute atomic E-state index is 12.1. The maximum atomic E-state index is 12.1. The molecular weight excluding hydrogens is 442 g/mol. The molecule has 0 aliphatic carbocycles. The van der Waals surface area contributed by atoms with Crippen LogP contribution >= 0.6 is 11.3 Å². The van der Waals surface area contributed by atoms with Gasteiger partial charge >= 0.3 is 0 Å². The van der Waals surface area contributed by atoms with Gasteiger partial charge in [-0.05, 0) is 38.1 Å². The van der Waals surface area contributed by atoms with Crippen LogP contribution < -0.4 is 25.1 Å². The Kier molecular flexibility index (Phi) is 8.84. The Morgan fingerprint density at radius 3 is 2.36 bits per heavy atom. The van der Waals surface area contributed by atoms with Crippen LogP contribution in [0.2, 0.25) is 0 Å². The van der Waals surface area contributed by atoms with Crippen LogP contribution in [0.3, 0.4) is 0 Å². The minimum Gasteiger partial charge on any atom is -0.490 e. The number of para-hydroxylation sites is 3. The number of hydrazine groups is 1. The summed E-state index contributed by atoms with van der Waals surface area (Å²) >= 11 is 1.56. The van der Waals surface area contributed by atoms with Gasteiger partial charge in [-0.15, -0.1) is 11.3 Å². The number of aromatic nitrogens is 1. The quantitative estimate of drug-likeness (QED) is 0.349. The van der Waals surface area contributed by atoms with Crippen molar-refractivity contribution in [3.63, 3.8) is 0 Å². The molecule has 1 heterocycles. The molecule has 0 saturated carbocycles. The first-order chi connectivity index (χ1) is 16.0. The molecule has 172 valence electrons. The van der Waals surface area contributed by atoms with E-state index in [0.717, 1.165) is 16.3 Å². The number of nitrogens with one attached hydrogen (secondary N) is 2. The van der Waals surface area contributed by atoms with E-state index in [2.05, 4.69) is 15.8 Å². The van der Waals surface area contributed by atoms with E-state index in [9.17, 15) is 9.59 Å². The fraction of sp³-hybridized carbons (Fsp3) is 0.208. The molecule has 1 aromatic heterocycles. The highest BCUT2D eigenvalue weighted by Crippen LogP contribution is 2.26. The number of aryl methyl sites for hydroxylation is 1. The van der Waals surface area contributed by atoms with Gasteiger partial charge in [0.1, 0.15) is 12.4 Å². The normalized spacial score (nSPS) is 10.6. The van der Waals surface area contributed by atoms with Crippen LogP contribution in [0, 0.1) is 6.92 Å². The van der Waals surface area contributed by atoms with Gasteiger partial charge in [-0.3, -0.25) is 20.4 Å². The number of thiazole rings is 1. The summed E-state index contributed by atoms with van der Waals surface area (Å²) in [6.07, 6.45) is 2.92. The average Bonchev–Trinajstić information content (AvgIpc) is 3.25. The van der Waals surface area contributed by atoms with E-state index in [1.165, 1.54) is 6.08 Å². The number of hydrogen-bond acceptors (Lipinski definition) is 7. The van der Waals surface area contributed by atoms with E-state index in [1.54, 1.807) is 35.6 Å². The number of ether oxygens (including phenoxy) is 3. The molecule has 0 unspecified atom stereocenters. The standard InChI is InChI=1S/C24H25N3O5S/c1-3-30-21-10-6-7-11-22(21)32-15-24(29)27-26-23(28)13-12-18-8-4-5-9-20(18)31-14-19-16-33-17(2)25-19/h4-13,16H,3,14-15H2,1-2H3,(H,26,28)(H,27,29)/b13-12+. The lowest BCUT2D eigenvalue weighted by Crippen LogP contribution is -2.43. The number of amides is 2. The van der Waals surface area contributed by atoms with Crippen molar-refractivity contribution in [2.45, 2.75) is 20.5 Å². The van der Waals surface area contributed by atoms with Gasteiger partial charge in [0.25, 0.3) is 11.8 Å². The van der Waals surface area contributed by atoms with E-state index in [1.807, 2.05) is 49.6 Å². The predicted octanol–water partition coefficient (Wildman–Crippen LogP) is 3.67. The van der Waals surface area contributed by atoms with Crippen LogP contribution in [0.25, 0.3) is 6.08 Å². The van der Waals surface area contributed by atoms with Gasteiger partial charge in [-0.2, -0.15) is 0 Å². The lowest BCUT2D eigenvalue weighted by atomic mass is 10.2. The molecule has 0 radical (unpaired) electrons. The van der Waals surface area contributed by atoms with Gasteiger partial charge in [-0.25, -0.2) is 4.98 Å². The summed E-state index contributed by atoms with van der Waals surface area (Å²) in [6, 6.07) is 14.4. The van der Waals surface area contributed by atoms with E-state index in [-0.39, 0.29) is 6.61 Å². The first-order valence-corrected chi connectivity index (χ1v) is 11.2. The minimum absolute atomic E-state index is 0.277. The van der Waals surface area contributed by atoms with E-state index < -0.39 is 11.8 Å². The number of hydrogen-bond donors (Lipinski definition) is 2. The number of carbonyl (C=O) groups excluding carboxylic acids is 2. The van der Waals surface area contributed by atoms with Crippen molar-refractivity contribution in [2.75, 3.05) is 13.2 Å². The molecular formula is C24H25N3O5S. The third-order valence-electron chi connectivity index (χ3n) is 4.21. The lowest BCUT2D eigenvalue weighted by molar-refractivity contribution is -0.128. The van der Waals surface area contributed by atoms with Crippen molar-refractivity contribution in [3.05, 3.63) is 76.3 Å². The second-order valence-electron chi connectivity index (χ2n) is 6.72. The van der Waals surface area contributed by atoms with Crippen LogP contribution in [-0.2, 0) is 16.2 Å². The van der Waals surface area contributed by atoms with Crippen molar-refractivity contribution in [2.24, 2.45) is 0 Å². The second-order valence-corrected chi connectivity index (χ2v) is 7.79. The molecule has 0 bridgehead atoms. The van der Waals surface area contributed by atoms with Gasteiger partial charge in [-0.1, -0.05) is 30.3 Å². The summed E-state index contributed by atoms with van der Waals surface area (Å²) in [5.41, 5.74) is 6.21.